The van der Waals surface area contributed by atoms with Crippen molar-refractivity contribution in [2.24, 2.45) is 5.73 Å². The first-order chi connectivity index (χ1) is 6.00. The Morgan fingerprint density at radius 3 is 2.31 bits per heavy atom. The van der Waals surface area contributed by atoms with Gasteiger partial charge < -0.3 is 5.73 Å². The number of rotatable bonds is 3. The summed E-state index contributed by atoms with van der Waals surface area (Å²) in [5.74, 6) is 0. The van der Waals surface area contributed by atoms with Crippen molar-refractivity contribution in [3.05, 3.63) is 48.0 Å². The summed E-state index contributed by atoms with van der Waals surface area (Å²) in [4.78, 5) is 0. The van der Waals surface area contributed by atoms with Crippen LogP contribution in [0.25, 0.3) is 0 Å². The summed E-state index contributed by atoms with van der Waals surface area (Å²) in [5.41, 5.74) is 7.98. The van der Waals surface area contributed by atoms with E-state index in [1.807, 2.05) is 32.0 Å². The SMILES string of the molecule is C=C(Cc1ccccc1)C(C)(C)N. The van der Waals surface area contributed by atoms with Gasteiger partial charge in [0.25, 0.3) is 0 Å². The Morgan fingerprint density at radius 1 is 1.31 bits per heavy atom. The summed E-state index contributed by atoms with van der Waals surface area (Å²) >= 11 is 0. The van der Waals surface area contributed by atoms with Crippen molar-refractivity contribution in [2.75, 3.05) is 0 Å². The van der Waals surface area contributed by atoms with Gasteiger partial charge in [0, 0.05) is 5.54 Å². The molecule has 0 saturated carbocycles. The highest BCUT2D eigenvalue weighted by Gasteiger charge is 2.14. The lowest BCUT2D eigenvalue weighted by molar-refractivity contribution is 0.598. The molecule has 0 amide bonds. The minimum atomic E-state index is -0.282. The molecule has 0 radical (unpaired) electrons. The van der Waals surface area contributed by atoms with Crippen LogP contribution in [0.2, 0.25) is 0 Å². The fourth-order valence-corrected chi connectivity index (χ4v) is 1.07. The maximum absolute atomic E-state index is 5.93. The Balaban J connectivity index is 2.66. The second kappa shape index (κ2) is 3.75. The van der Waals surface area contributed by atoms with Gasteiger partial charge >= 0.3 is 0 Å². The molecule has 0 bridgehead atoms. The standard InChI is InChI=1S/C12H17N/c1-10(12(2,3)13)9-11-7-5-4-6-8-11/h4-8H,1,9,13H2,2-3H3. The molecule has 0 spiro atoms. The van der Waals surface area contributed by atoms with Crippen molar-refractivity contribution in [1.29, 1.82) is 0 Å². The lowest BCUT2D eigenvalue weighted by Crippen LogP contribution is -2.34. The van der Waals surface area contributed by atoms with E-state index in [0.29, 0.717) is 0 Å². The first-order valence-electron chi connectivity index (χ1n) is 4.51. The van der Waals surface area contributed by atoms with E-state index in [9.17, 15) is 0 Å². The fourth-order valence-electron chi connectivity index (χ4n) is 1.07. The molecule has 0 unspecified atom stereocenters. The molecule has 0 saturated heterocycles. The van der Waals surface area contributed by atoms with Gasteiger partial charge in [-0.05, 0) is 25.8 Å². The van der Waals surface area contributed by atoms with Crippen LogP contribution in [0.1, 0.15) is 19.4 Å². The maximum atomic E-state index is 5.93. The third-order valence-corrected chi connectivity index (χ3v) is 2.17. The van der Waals surface area contributed by atoms with Gasteiger partial charge in [-0.15, -0.1) is 0 Å². The van der Waals surface area contributed by atoms with E-state index in [1.165, 1.54) is 5.56 Å². The molecular weight excluding hydrogens is 158 g/mol. The minimum Gasteiger partial charge on any atom is -0.322 e. The summed E-state index contributed by atoms with van der Waals surface area (Å²) < 4.78 is 0. The van der Waals surface area contributed by atoms with Crippen molar-refractivity contribution in [3.63, 3.8) is 0 Å². The van der Waals surface area contributed by atoms with E-state index < -0.39 is 0 Å². The molecule has 0 aliphatic rings. The predicted octanol–water partition coefficient (Wildman–Crippen LogP) is 2.52. The summed E-state index contributed by atoms with van der Waals surface area (Å²) in [6, 6.07) is 10.3. The van der Waals surface area contributed by atoms with E-state index in [0.717, 1.165) is 12.0 Å². The van der Waals surface area contributed by atoms with Crippen molar-refractivity contribution < 1.29 is 0 Å². The molecule has 0 atom stereocenters. The molecule has 0 fully saturated rings. The summed E-state index contributed by atoms with van der Waals surface area (Å²) in [5, 5.41) is 0. The molecule has 1 heteroatoms. The molecule has 1 aromatic rings. The quantitative estimate of drug-likeness (QED) is 0.702. The molecule has 70 valence electrons. The predicted molar refractivity (Wildman–Crippen MR) is 57.6 cm³/mol. The lowest BCUT2D eigenvalue weighted by atomic mass is 9.91. The van der Waals surface area contributed by atoms with Crippen LogP contribution in [-0.4, -0.2) is 5.54 Å². The number of hydrogen-bond donors (Lipinski definition) is 1. The molecular formula is C12H17N. The molecule has 0 heterocycles. The van der Waals surface area contributed by atoms with Crippen molar-refractivity contribution in [1.82, 2.24) is 0 Å². The fraction of sp³-hybridized carbons (Fsp3) is 0.333. The van der Waals surface area contributed by atoms with Crippen molar-refractivity contribution in [3.8, 4) is 0 Å². The Kier molecular flexibility index (Phi) is 2.89. The number of hydrogen-bond acceptors (Lipinski definition) is 1. The normalized spacial score (nSPS) is 11.3. The van der Waals surface area contributed by atoms with E-state index in [-0.39, 0.29) is 5.54 Å². The zero-order valence-electron chi connectivity index (χ0n) is 8.38. The Labute approximate surface area is 80.3 Å². The lowest BCUT2D eigenvalue weighted by Gasteiger charge is -2.21. The summed E-state index contributed by atoms with van der Waals surface area (Å²) in [6.45, 7) is 7.97. The highest BCUT2D eigenvalue weighted by atomic mass is 14.7. The second-order valence-corrected chi connectivity index (χ2v) is 3.99. The van der Waals surface area contributed by atoms with E-state index in [1.54, 1.807) is 0 Å². The first-order valence-corrected chi connectivity index (χ1v) is 4.51. The third-order valence-electron chi connectivity index (χ3n) is 2.17. The highest BCUT2D eigenvalue weighted by Crippen LogP contribution is 2.15. The molecule has 13 heavy (non-hydrogen) atoms. The molecule has 0 aromatic heterocycles. The van der Waals surface area contributed by atoms with Crippen LogP contribution in [0.3, 0.4) is 0 Å². The van der Waals surface area contributed by atoms with E-state index in [4.69, 9.17) is 5.73 Å². The Morgan fingerprint density at radius 2 is 1.85 bits per heavy atom. The molecule has 1 aromatic carbocycles. The van der Waals surface area contributed by atoms with Gasteiger partial charge in [0.05, 0.1) is 0 Å². The van der Waals surface area contributed by atoms with Crippen LogP contribution in [0, 0.1) is 0 Å². The summed E-state index contributed by atoms with van der Waals surface area (Å²) in [6.07, 6.45) is 0.865. The van der Waals surface area contributed by atoms with Crippen LogP contribution in [0.5, 0.6) is 0 Å². The smallest absolute Gasteiger partial charge is 0.0312 e. The van der Waals surface area contributed by atoms with Gasteiger partial charge in [0.15, 0.2) is 0 Å². The minimum absolute atomic E-state index is 0.282. The maximum Gasteiger partial charge on any atom is 0.0312 e. The van der Waals surface area contributed by atoms with Crippen molar-refractivity contribution in [2.45, 2.75) is 25.8 Å². The second-order valence-electron chi connectivity index (χ2n) is 3.99. The average Bonchev–Trinajstić information content (AvgIpc) is 2.04. The third kappa shape index (κ3) is 3.03. The van der Waals surface area contributed by atoms with E-state index >= 15 is 0 Å². The molecule has 0 aliphatic heterocycles. The van der Waals surface area contributed by atoms with Gasteiger partial charge in [-0.1, -0.05) is 42.5 Å². The molecule has 2 N–H and O–H groups in total. The Bertz CT molecular complexity index is 280. The van der Waals surface area contributed by atoms with Crippen molar-refractivity contribution >= 4 is 0 Å². The topological polar surface area (TPSA) is 26.0 Å². The summed E-state index contributed by atoms with van der Waals surface area (Å²) in [7, 11) is 0. The Hall–Kier alpha value is -1.08. The van der Waals surface area contributed by atoms with Gasteiger partial charge in [-0.25, -0.2) is 0 Å². The van der Waals surface area contributed by atoms with Gasteiger partial charge in [0.1, 0.15) is 0 Å². The van der Waals surface area contributed by atoms with E-state index in [2.05, 4.69) is 18.7 Å². The molecule has 1 rings (SSSR count). The van der Waals surface area contributed by atoms with Crippen LogP contribution in [0.15, 0.2) is 42.5 Å². The van der Waals surface area contributed by atoms with Crippen LogP contribution >= 0.6 is 0 Å². The number of benzene rings is 1. The van der Waals surface area contributed by atoms with Crippen LogP contribution in [-0.2, 0) is 6.42 Å². The zero-order valence-corrected chi connectivity index (χ0v) is 8.38. The van der Waals surface area contributed by atoms with Gasteiger partial charge in [-0.2, -0.15) is 0 Å². The van der Waals surface area contributed by atoms with Crippen LogP contribution < -0.4 is 5.73 Å². The van der Waals surface area contributed by atoms with Crippen LogP contribution in [0.4, 0.5) is 0 Å². The highest BCUT2D eigenvalue weighted by molar-refractivity contribution is 5.24. The molecule has 0 aliphatic carbocycles. The van der Waals surface area contributed by atoms with Gasteiger partial charge in [-0.3, -0.25) is 0 Å². The first kappa shape index (κ1) is 10.0. The largest absolute Gasteiger partial charge is 0.322 e. The van der Waals surface area contributed by atoms with Gasteiger partial charge in [0.2, 0.25) is 0 Å². The average molecular weight is 175 g/mol. The number of nitrogens with two attached hydrogens (primary N) is 1. The molecule has 1 nitrogen and oxygen atoms in total. The monoisotopic (exact) mass is 175 g/mol. The zero-order chi connectivity index (χ0) is 9.90.